The zero-order valence-corrected chi connectivity index (χ0v) is 12.1. The van der Waals surface area contributed by atoms with E-state index < -0.39 is 0 Å². The Labute approximate surface area is 114 Å². The number of halogens is 1. The SMILES string of the molecule is CCCC(CCO)CNc1nc(C)c(C)nc1Cl. The highest BCUT2D eigenvalue weighted by atomic mass is 35.5. The Kier molecular flexibility index (Phi) is 6.36. The van der Waals surface area contributed by atoms with Gasteiger partial charge in [0, 0.05) is 13.2 Å². The van der Waals surface area contributed by atoms with Crippen molar-refractivity contribution in [2.45, 2.75) is 40.0 Å². The van der Waals surface area contributed by atoms with E-state index in [2.05, 4.69) is 22.2 Å². The van der Waals surface area contributed by atoms with Crippen molar-refractivity contribution in [2.75, 3.05) is 18.5 Å². The van der Waals surface area contributed by atoms with Crippen LogP contribution in [0.25, 0.3) is 0 Å². The first-order chi connectivity index (χ1) is 8.58. The van der Waals surface area contributed by atoms with Gasteiger partial charge in [-0.05, 0) is 32.6 Å². The van der Waals surface area contributed by atoms with E-state index in [1.165, 1.54) is 0 Å². The summed E-state index contributed by atoms with van der Waals surface area (Å²) in [6.07, 6.45) is 3.00. The van der Waals surface area contributed by atoms with E-state index >= 15 is 0 Å². The van der Waals surface area contributed by atoms with Gasteiger partial charge in [-0.25, -0.2) is 9.97 Å². The van der Waals surface area contributed by atoms with Crippen molar-refractivity contribution in [3.8, 4) is 0 Å². The zero-order chi connectivity index (χ0) is 13.5. The molecule has 0 fully saturated rings. The van der Waals surface area contributed by atoms with Crippen molar-refractivity contribution in [2.24, 2.45) is 5.92 Å². The van der Waals surface area contributed by atoms with E-state index in [9.17, 15) is 0 Å². The van der Waals surface area contributed by atoms with Crippen molar-refractivity contribution in [3.05, 3.63) is 16.5 Å². The predicted octanol–water partition coefficient (Wildman–Crippen LogP) is 2.96. The zero-order valence-electron chi connectivity index (χ0n) is 11.3. The molecule has 1 aromatic heterocycles. The molecule has 1 atom stereocenters. The van der Waals surface area contributed by atoms with Gasteiger partial charge in [0.05, 0.1) is 11.4 Å². The molecular weight excluding hydrogens is 250 g/mol. The van der Waals surface area contributed by atoms with Gasteiger partial charge >= 0.3 is 0 Å². The molecule has 1 heterocycles. The van der Waals surface area contributed by atoms with Gasteiger partial charge in [-0.1, -0.05) is 24.9 Å². The van der Waals surface area contributed by atoms with Gasteiger partial charge in [0.1, 0.15) is 0 Å². The summed E-state index contributed by atoms with van der Waals surface area (Å²) < 4.78 is 0. The molecule has 0 saturated carbocycles. The lowest BCUT2D eigenvalue weighted by molar-refractivity contribution is 0.255. The number of aromatic nitrogens is 2. The molecule has 1 aromatic rings. The number of aliphatic hydroxyl groups is 1. The Morgan fingerprint density at radius 3 is 2.50 bits per heavy atom. The summed E-state index contributed by atoms with van der Waals surface area (Å²) in [5.41, 5.74) is 1.74. The number of aliphatic hydroxyl groups excluding tert-OH is 1. The van der Waals surface area contributed by atoms with Crippen molar-refractivity contribution >= 4 is 17.4 Å². The van der Waals surface area contributed by atoms with Gasteiger partial charge in [0.2, 0.25) is 0 Å². The van der Waals surface area contributed by atoms with Gasteiger partial charge in [0.15, 0.2) is 11.0 Å². The lowest BCUT2D eigenvalue weighted by Gasteiger charge is -2.16. The first kappa shape index (κ1) is 15.2. The molecule has 18 heavy (non-hydrogen) atoms. The van der Waals surface area contributed by atoms with Crippen molar-refractivity contribution < 1.29 is 5.11 Å². The Balaban J connectivity index is 2.64. The maximum absolute atomic E-state index is 9.01. The van der Waals surface area contributed by atoms with Crippen molar-refractivity contribution in [1.29, 1.82) is 0 Å². The molecule has 102 valence electrons. The van der Waals surface area contributed by atoms with Gasteiger partial charge in [-0.15, -0.1) is 0 Å². The lowest BCUT2D eigenvalue weighted by Crippen LogP contribution is -2.17. The number of nitrogens with zero attached hydrogens (tertiary/aromatic N) is 2. The molecule has 0 aliphatic rings. The molecule has 0 bridgehead atoms. The first-order valence-electron chi connectivity index (χ1n) is 6.44. The molecule has 1 rings (SSSR count). The molecule has 5 heteroatoms. The Morgan fingerprint density at radius 2 is 1.89 bits per heavy atom. The van der Waals surface area contributed by atoms with Crippen LogP contribution in [0, 0.1) is 19.8 Å². The molecule has 0 radical (unpaired) electrons. The number of rotatable bonds is 7. The summed E-state index contributed by atoms with van der Waals surface area (Å²) in [7, 11) is 0. The molecule has 0 aliphatic carbocycles. The number of anilines is 1. The van der Waals surface area contributed by atoms with Crippen molar-refractivity contribution in [1.82, 2.24) is 9.97 Å². The molecular formula is C13H22ClN3O. The van der Waals surface area contributed by atoms with Crippen LogP contribution in [0.3, 0.4) is 0 Å². The topological polar surface area (TPSA) is 58.0 Å². The summed E-state index contributed by atoms with van der Waals surface area (Å²) in [6.45, 7) is 6.95. The van der Waals surface area contributed by atoms with Crippen LogP contribution in [0.1, 0.15) is 37.6 Å². The van der Waals surface area contributed by atoms with Crippen LogP contribution in [0.4, 0.5) is 5.82 Å². The number of nitrogens with one attached hydrogen (secondary N) is 1. The minimum Gasteiger partial charge on any atom is -0.396 e. The third-order valence-electron chi connectivity index (χ3n) is 3.06. The molecule has 0 amide bonds. The summed E-state index contributed by atoms with van der Waals surface area (Å²) in [5.74, 6) is 1.08. The maximum atomic E-state index is 9.01. The largest absolute Gasteiger partial charge is 0.396 e. The Bertz CT molecular complexity index is 379. The third kappa shape index (κ3) is 4.42. The predicted molar refractivity (Wildman–Crippen MR) is 75.1 cm³/mol. The Morgan fingerprint density at radius 1 is 1.22 bits per heavy atom. The molecule has 0 spiro atoms. The van der Waals surface area contributed by atoms with Gasteiger partial charge in [0.25, 0.3) is 0 Å². The fourth-order valence-corrected chi connectivity index (χ4v) is 2.10. The number of aryl methyl sites for hydroxylation is 2. The fourth-order valence-electron chi connectivity index (χ4n) is 1.87. The Hall–Kier alpha value is -0.870. The van der Waals surface area contributed by atoms with Gasteiger partial charge in [-0.3, -0.25) is 0 Å². The lowest BCUT2D eigenvalue weighted by atomic mass is 10.0. The summed E-state index contributed by atoms with van der Waals surface area (Å²) in [6, 6.07) is 0. The fraction of sp³-hybridized carbons (Fsp3) is 0.692. The van der Waals surface area contributed by atoms with E-state index in [-0.39, 0.29) is 6.61 Å². The summed E-state index contributed by atoms with van der Waals surface area (Å²) >= 11 is 6.05. The second-order valence-corrected chi connectivity index (χ2v) is 4.94. The average molecular weight is 272 g/mol. The van der Waals surface area contributed by atoms with Crippen molar-refractivity contribution in [3.63, 3.8) is 0 Å². The highest BCUT2D eigenvalue weighted by Gasteiger charge is 2.10. The maximum Gasteiger partial charge on any atom is 0.171 e. The van der Waals surface area contributed by atoms with E-state index in [1.807, 2.05) is 13.8 Å². The van der Waals surface area contributed by atoms with E-state index in [4.69, 9.17) is 16.7 Å². The van der Waals surface area contributed by atoms with Gasteiger partial charge in [-0.2, -0.15) is 0 Å². The van der Waals surface area contributed by atoms with E-state index in [0.29, 0.717) is 16.9 Å². The summed E-state index contributed by atoms with van der Waals surface area (Å²) in [5, 5.41) is 12.7. The molecule has 4 nitrogen and oxygen atoms in total. The quantitative estimate of drug-likeness (QED) is 0.801. The summed E-state index contributed by atoms with van der Waals surface area (Å²) in [4.78, 5) is 8.63. The average Bonchev–Trinajstić information content (AvgIpc) is 2.32. The second-order valence-electron chi connectivity index (χ2n) is 4.58. The monoisotopic (exact) mass is 271 g/mol. The number of hydrogen-bond acceptors (Lipinski definition) is 4. The molecule has 2 N–H and O–H groups in total. The highest BCUT2D eigenvalue weighted by Crippen LogP contribution is 2.20. The van der Waals surface area contributed by atoms with Crippen LogP contribution < -0.4 is 5.32 Å². The number of hydrogen-bond donors (Lipinski definition) is 2. The first-order valence-corrected chi connectivity index (χ1v) is 6.81. The van der Waals surface area contributed by atoms with E-state index in [0.717, 1.165) is 37.2 Å². The molecule has 1 unspecified atom stereocenters. The highest BCUT2D eigenvalue weighted by molar-refractivity contribution is 6.31. The van der Waals surface area contributed by atoms with Crippen LogP contribution in [0.2, 0.25) is 5.15 Å². The smallest absolute Gasteiger partial charge is 0.171 e. The van der Waals surface area contributed by atoms with Crippen LogP contribution in [-0.2, 0) is 0 Å². The van der Waals surface area contributed by atoms with Crippen LogP contribution in [-0.4, -0.2) is 28.2 Å². The second kappa shape index (κ2) is 7.54. The van der Waals surface area contributed by atoms with Gasteiger partial charge < -0.3 is 10.4 Å². The van der Waals surface area contributed by atoms with E-state index in [1.54, 1.807) is 0 Å². The van der Waals surface area contributed by atoms with Crippen LogP contribution in [0.15, 0.2) is 0 Å². The normalized spacial score (nSPS) is 12.5. The molecule has 0 aliphatic heterocycles. The third-order valence-corrected chi connectivity index (χ3v) is 3.32. The molecule has 0 aromatic carbocycles. The minimum absolute atomic E-state index is 0.221. The van der Waals surface area contributed by atoms with Crippen LogP contribution in [0.5, 0.6) is 0 Å². The minimum atomic E-state index is 0.221. The molecule has 0 saturated heterocycles. The van der Waals surface area contributed by atoms with Crippen LogP contribution >= 0.6 is 11.6 Å². The standard InChI is InChI=1S/C13H22ClN3O/c1-4-5-11(6-7-18)8-15-13-12(14)16-9(2)10(3)17-13/h11,18H,4-8H2,1-3H3,(H,15,17).